The number of hydrogen-bond acceptors (Lipinski definition) is 8. The SMILES string of the molecule is C[C@@H](Nc1nc(-c2noc(=O)[nH]2)nc2nc(N3CCCC3C3CCC3)n(C[C@H]3CC[C@H](C)CC3)c12)C1CCC1. The summed E-state index contributed by atoms with van der Waals surface area (Å²) in [6.07, 6.45) is 15.4. The maximum Gasteiger partial charge on any atom is 0.439 e. The molecule has 0 aromatic carbocycles. The number of rotatable bonds is 8. The summed E-state index contributed by atoms with van der Waals surface area (Å²) in [5.41, 5.74) is 1.66. The van der Waals surface area contributed by atoms with Crippen LogP contribution in [0.25, 0.3) is 22.8 Å². The molecule has 1 unspecified atom stereocenters. The molecule has 1 aliphatic heterocycles. The van der Waals surface area contributed by atoms with Gasteiger partial charge in [0.2, 0.25) is 17.6 Å². The van der Waals surface area contributed by atoms with Gasteiger partial charge in [-0.3, -0.25) is 9.51 Å². The van der Waals surface area contributed by atoms with Crippen LogP contribution in [0.3, 0.4) is 0 Å². The zero-order chi connectivity index (χ0) is 26.5. The van der Waals surface area contributed by atoms with Gasteiger partial charge >= 0.3 is 5.76 Å². The van der Waals surface area contributed by atoms with E-state index in [0.29, 0.717) is 29.3 Å². The fraction of sp³-hybridized carbons (Fsp3) is 0.759. The average molecular weight is 535 g/mol. The van der Waals surface area contributed by atoms with Crippen molar-refractivity contribution in [3.05, 3.63) is 10.6 Å². The molecular formula is C29H42N8O2. The number of aromatic nitrogens is 6. The second-order valence-electron chi connectivity index (χ2n) is 12.9. The third-order valence-electron chi connectivity index (χ3n) is 10.3. The molecule has 2 N–H and O–H groups in total. The van der Waals surface area contributed by atoms with Crippen molar-refractivity contribution in [3.63, 3.8) is 0 Å². The molecular weight excluding hydrogens is 492 g/mol. The lowest BCUT2D eigenvalue weighted by Crippen LogP contribution is -2.40. The predicted molar refractivity (Wildman–Crippen MR) is 151 cm³/mol. The maximum atomic E-state index is 11.8. The second kappa shape index (κ2) is 10.2. The highest BCUT2D eigenvalue weighted by molar-refractivity contribution is 5.87. The maximum absolute atomic E-state index is 11.8. The van der Waals surface area contributed by atoms with Crippen LogP contribution in [0.2, 0.25) is 0 Å². The lowest BCUT2D eigenvalue weighted by atomic mass is 9.79. The van der Waals surface area contributed by atoms with Crippen LogP contribution in [-0.4, -0.2) is 48.3 Å². The number of nitrogens with one attached hydrogen (secondary N) is 2. The Bertz CT molecular complexity index is 1360. The van der Waals surface area contributed by atoms with Gasteiger partial charge in [0.25, 0.3) is 0 Å². The van der Waals surface area contributed by atoms with E-state index in [-0.39, 0.29) is 11.9 Å². The second-order valence-corrected chi connectivity index (χ2v) is 12.9. The van der Waals surface area contributed by atoms with Gasteiger partial charge < -0.3 is 14.8 Å². The molecule has 4 aliphatic rings. The quantitative estimate of drug-likeness (QED) is 0.396. The van der Waals surface area contributed by atoms with Crippen molar-refractivity contribution in [1.29, 1.82) is 0 Å². The molecule has 0 spiro atoms. The molecule has 1 saturated heterocycles. The normalized spacial score (nSPS) is 27.0. The molecule has 2 atom stereocenters. The van der Waals surface area contributed by atoms with E-state index in [9.17, 15) is 4.79 Å². The third-order valence-corrected chi connectivity index (χ3v) is 10.3. The van der Waals surface area contributed by atoms with E-state index >= 15 is 0 Å². The van der Waals surface area contributed by atoms with E-state index in [1.807, 2.05) is 0 Å². The summed E-state index contributed by atoms with van der Waals surface area (Å²) in [5.74, 6) is 4.69. The molecule has 39 heavy (non-hydrogen) atoms. The number of H-pyrrole nitrogens is 1. The van der Waals surface area contributed by atoms with Gasteiger partial charge in [-0.1, -0.05) is 37.8 Å². The summed E-state index contributed by atoms with van der Waals surface area (Å²) < 4.78 is 7.26. The Labute approximate surface area is 229 Å². The molecule has 3 aliphatic carbocycles. The van der Waals surface area contributed by atoms with Crippen LogP contribution in [0.4, 0.5) is 11.8 Å². The monoisotopic (exact) mass is 534 g/mol. The van der Waals surface area contributed by atoms with Crippen LogP contribution in [0, 0.1) is 23.7 Å². The molecule has 4 fully saturated rings. The molecule has 3 aromatic heterocycles. The average Bonchev–Trinajstić information content (AvgIpc) is 3.57. The molecule has 10 nitrogen and oxygen atoms in total. The minimum Gasteiger partial charge on any atom is -0.365 e. The van der Waals surface area contributed by atoms with Crippen LogP contribution < -0.4 is 16.0 Å². The third kappa shape index (κ3) is 4.73. The molecule has 4 heterocycles. The zero-order valence-corrected chi connectivity index (χ0v) is 23.4. The lowest BCUT2D eigenvalue weighted by Gasteiger charge is -2.38. The Morgan fingerprint density at radius 1 is 1.00 bits per heavy atom. The Hall–Kier alpha value is -2.91. The first-order valence-electron chi connectivity index (χ1n) is 15.4. The largest absolute Gasteiger partial charge is 0.439 e. The molecule has 7 rings (SSSR count). The van der Waals surface area contributed by atoms with Gasteiger partial charge in [-0.25, -0.2) is 14.8 Å². The van der Waals surface area contributed by atoms with Gasteiger partial charge in [0.05, 0.1) is 0 Å². The summed E-state index contributed by atoms with van der Waals surface area (Å²) in [4.78, 5) is 32.1. The summed E-state index contributed by atoms with van der Waals surface area (Å²) in [5, 5.41) is 7.66. The Balaban J connectivity index is 1.35. The summed E-state index contributed by atoms with van der Waals surface area (Å²) in [6.45, 7) is 6.63. The van der Waals surface area contributed by atoms with Crippen LogP contribution in [0.5, 0.6) is 0 Å². The van der Waals surface area contributed by atoms with Crippen LogP contribution in [0.1, 0.15) is 90.9 Å². The van der Waals surface area contributed by atoms with Gasteiger partial charge in [-0.15, -0.1) is 0 Å². The molecule has 0 radical (unpaired) electrons. The first-order chi connectivity index (χ1) is 19.0. The van der Waals surface area contributed by atoms with Crippen LogP contribution in [0.15, 0.2) is 9.32 Å². The van der Waals surface area contributed by atoms with Gasteiger partial charge in [-0.2, -0.15) is 4.98 Å². The van der Waals surface area contributed by atoms with E-state index in [0.717, 1.165) is 42.2 Å². The number of aromatic amines is 1. The Morgan fingerprint density at radius 2 is 1.79 bits per heavy atom. The highest BCUT2D eigenvalue weighted by Crippen LogP contribution is 2.42. The molecule has 0 amide bonds. The molecule has 3 aromatic rings. The topological polar surface area (TPSA) is 118 Å². The predicted octanol–water partition coefficient (Wildman–Crippen LogP) is 5.37. The van der Waals surface area contributed by atoms with Crippen molar-refractivity contribution in [2.45, 2.75) is 110 Å². The van der Waals surface area contributed by atoms with E-state index in [4.69, 9.17) is 19.5 Å². The van der Waals surface area contributed by atoms with Crippen molar-refractivity contribution in [3.8, 4) is 11.6 Å². The number of fused-ring (bicyclic) bond motifs is 1. The van der Waals surface area contributed by atoms with Gasteiger partial charge in [0.15, 0.2) is 11.5 Å². The standard InChI is InChI=1S/C29H42N8O2/c1-17-11-13-19(14-12-17)16-37-23-24(30-18(2)20-6-3-7-20)31-26(27-34-29(38)39-35-27)32-25(23)33-28(37)36-15-5-10-22(36)21-8-4-9-21/h17-22H,3-16H2,1-2H3,(H,30,31,32)(H,34,35,38)/t17-,18-,19-,22?/m1/s1. The smallest absolute Gasteiger partial charge is 0.365 e. The fourth-order valence-corrected chi connectivity index (χ4v) is 7.35. The number of anilines is 2. The number of hydrogen-bond donors (Lipinski definition) is 2. The highest BCUT2D eigenvalue weighted by atomic mass is 16.5. The van der Waals surface area contributed by atoms with Crippen molar-refractivity contribution in [2.75, 3.05) is 16.8 Å². The summed E-state index contributed by atoms with van der Waals surface area (Å²) in [7, 11) is 0. The Kier molecular flexibility index (Phi) is 6.59. The molecule has 0 bridgehead atoms. The van der Waals surface area contributed by atoms with Crippen molar-refractivity contribution < 1.29 is 4.52 Å². The van der Waals surface area contributed by atoms with Crippen LogP contribution in [-0.2, 0) is 6.54 Å². The van der Waals surface area contributed by atoms with E-state index < -0.39 is 5.76 Å². The molecule has 10 heteroatoms. The van der Waals surface area contributed by atoms with Crippen molar-refractivity contribution in [1.82, 2.24) is 29.7 Å². The minimum absolute atomic E-state index is 0.243. The number of imidazole rings is 1. The summed E-state index contributed by atoms with van der Waals surface area (Å²) >= 11 is 0. The van der Waals surface area contributed by atoms with Crippen LogP contribution >= 0.6 is 0 Å². The zero-order valence-electron chi connectivity index (χ0n) is 23.4. The van der Waals surface area contributed by atoms with Crippen molar-refractivity contribution in [2.24, 2.45) is 23.7 Å². The molecule has 3 saturated carbocycles. The first kappa shape index (κ1) is 25.1. The summed E-state index contributed by atoms with van der Waals surface area (Å²) in [6, 6.07) is 0.850. The van der Waals surface area contributed by atoms with E-state index in [1.54, 1.807) is 0 Å². The minimum atomic E-state index is -0.607. The van der Waals surface area contributed by atoms with E-state index in [2.05, 4.69) is 38.8 Å². The molecule has 210 valence electrons. The Morgan fingerprint density at radius 3 is 2.46 bits per heavy atom. The van der Waals surface area contributed by atoms with Gasteiger partial charge in [0, 0.05) is 25.2 Å². The first-order valence-corrected chi connectivity index (χ1v) is 15.4. The van der Waals surface area contributed by atoms with Crippen molar-refractivity contribution >= 4 is 22.9 Å². The fourth-order valence-electron chi connectivity index (χ4n) is 7.35. The van der Waals surface area contributed by atoms with E-state index in [1.165, 1.54) is 77.0 Å². The van der Waals surface area contributed by atoms with Gasteiger partial charge in [0.1, 0.15) is 5.52 Å². The highest BCUT2D eigenvalue weighted by Gasteiger charge is 2.38. The lowest BCUT2D eigenvalue weighted by molar-refractivity contribution is 0.255. The van der Waals surface area contributed by atoms with Gasteiger partial charge in [-0.05, 0) is 82.0 Å². The number of nitrogens with zero attached hydrogens (tertiary/aromatic N) is 6.